The summed E-state index contributed by atoms with van der Waals surface area (Å²) in [6, 6.07) is 15.5. The zero-order chi connectivity index (χ0) is 24.2. The van der Waals surface area contributed by atoms with Crippen molar-refractivity contribution in [3.63, 3.8) is 0 Å². The summed E-state index contributed by atoms with van der Waals surface area (Å²) in [5.41, 5.74) is 2.91. The minimum atomic E-state index is 0.0791. The van der Waals surface area contributed by atoms with Crippen LogP contribution in [0.5, 0.6) is 5.75 Å². The Labute approximate surface area is 208 Å². The van der Waals surface area contributed by atoms with Crippen LogP contribution < -0.4 is 9.64 Å². The number of aromatic nitrogens is 5. The van der Waals surface area contributed by atoms with Gasteiger partial charge in [-0.2, -0.15) is 4.68 Å². The van der Waals surface area contributed by atoms with Gasteiger partial charge in [0, 0.05) is 31.1 Å². The molecule has 0 atom stereocenters. The second-order valence-electron chi connectivity index (χ2n) is 8.01. The SMILES string of the molecule is CCOc1ccc(-n2nnc3c(N4CCN(C(=O)c5ccccc5SCC)CC4)ncnc32)cc1. The molecule has 1 aliphatic rings. The summed E-state index contributed by atoms with van der Waals surface area (Å²) in [4.78, 5) is 27.3. The van der Waals surface area contributed by atoms with Crippen molar-refractivity contribution in [2.24, 2.45) is 0 Å². The van der Waals surface area contributed by atoms with Crippen LogP contribution in [-0.4, -0.2) is 74.3 Å². The summed E-state index contributed by atoms with van der Waals surface area (Å²) in [7, 11) is 0. The highest BCUT2D eigenvalue weighted by molar-refractivity contribution is 7.99. The monoisotopic (exact) mass is 489 g/mol. The first-order chi connectivity index (χ1) is 17.2. The molecule has 0 radical (unpaired) electrons. The second-order valence-corrected chi connectivity index (χ2v) is 9.31. The number of hydrogen-bond donors (Lipinski definition) is 0. The number of carbonyl (C=O) groups excluding carboxylic acids is 1. The van der Waals surface area contributed by atoms with Gasteiger partial charge in [-0.3, -0.25) is 4.79 Å². The molecule has 1 aliphatic heterocycles. The number of thioether (sulfide) groups is 1. The Bertz CT molecular complexity index is 1320. The third-order valence-electron chi connectivity index (χ3n) is 5.89. The molecule has 0 bridgehead atoms. The number of piperazine rings is 1. The minimum absolute atomic E-state index is 0.0791. The molecule has 1 fully saturated rings. The number of nitrogens with zero attached hydrogens (tertiary/aromatic N) is 7. The zero-order valence-electron chi connectivity index (χ0n) is 19.8. The molecular weight excluding hydrogens is 462 g/mol. The molecule has 0 saturated carbocycles. The molecular formula is C25H27N7O2S. The highest BCUT2D eigenvalue weighted by Gasteiger charge is 2.26. The summed E-state index contributed by atoms with van der Waals surface area (Å²) in [6.07, 6.45) is 1.54. The topological polar surface area (TPSA) is 89.3 Å². The summed E-state index contributed by atoms with van der Waals surface area (Å²) in [5.74, 6) is 2.55. The molecule has 4 aromatic rings. The summed E-state index contributed by atoms with van der Waals surface area (Å²) in [5, 5.41) is 8.73. The van der Waals surface area contributed by atoms with E-state index in [2.05, 4.69) is 32.1 Å². The van der Waals surface area contributed by atoms with Crippen LogP contribution in [0.2, 0.25) is 0 Å². The molecule has 0 spiro atoms. The number of hydrogen-bond acceptors (Lipinski definition) is 8. The summed E-state index contributed by atoms with van der Waals surface area (Å²) in [6.45, 7) is 7.22. The van der Waals surface area contributed by atoms with Crippen LogP contribution in [0.1, 0.15) is 24.2 Å². The van der Waals surface area contributed by atoms with Crippen molar-refractivity contribution >= 4 is 34.7 Å². The average molecular weight is 490 g/mol. The van der Waals surface area contributed by atoms with Crippen molar-refractivity contribution in [1.82, 2.24) is 29.9 Å². The van der Waals surface area contributed by atoms with Gasteiger partial charge in [-0.15, -0.1) is 16.9 Å². The predicted octanol–water partition coefficient (Wildman–Crippen LogP) is 3.68. The van der Waals surface area contributed by atoms with Gasteiger partial charge in [0.15, 0.2) is 17.0 Å². The number of ether oxygens (including phenoxy) is 1. The smallest absolute Gasteiger partial charge is 0.255 e. The first-order valence-corrected chi connectivity index (χ1v) is 12.7. The highest BCUT2D eigenvalue weighted by Crippen LogP contribution is 2.26. The molecule has 5 rings (SSSR count). The van der Waals surface area contributed by atoms with Crippen LogP contribution in [-0.2, 0) is 0 Å². The van der Waals surface area contributed by atoms with E-state index in [1.807, 2.05) is 60.4 Å². The molecule has 0 N–H and O–H groups in total. The standard InChI is InChI=1S/C25H27N7O2S/c1-3-34-19-11-9-18(10-12-19)32-24-22(28-29-32)23(26-17-27-24)30-13-15-31(16-14-30)25(33)20-7-5-6-8-21(20)35-4-2/h5-12,17H,3-4,13-16H2,1-2H3. The lowest BCUT2D eigenvalue weighted by Gasteiger charge is -2.35. The molecule has 35 heavy (non-hydrogen) atoms. The van der Waals surface area contributed by atoms with Gasteiger partial charge in [-0.05, 0) is 49.1 Å². The van der Waals surface area contributed by atoms with Crippen LogP contribution in [0.3, 0.4) is 0 Å². The third kappa shape index (κ3) is 4.66. The fourth-order valence-electron chi connectivity index (χ4n) is 4.21. The van der Waals surface area contributed by atoms with E-state index >= 15 is 0 Å². The normalized spacial score (nSPS) is 13.9. The lowest BCUT2D eigenvalue weighted by Crippen LogP contribution is -2.49. The maximum Gasteiger partial charge on any atom is 0.255 e. The number of anilines is 1. The van der Waals surface area contributed by atoms with E-state index in [1.54, 1.807) is 22.8 Å². The van der Waals surface area contributed by atoms with E-state index in [0.717, 1.165) is 33.5 Å². The molecule has 1 saturated heterocycles. The maximum absolute atomic E-state index is 13.2. The Morgan fingerprint density at radius 3 is 2.51 bits per heavy atom. The molecule has 9 nitrogen and oxygen atoms in total. The van der Waals surface area contributed by atoms with E-state index in [0.29, 0.717) is 43.9 Å². The van der Waals surface area contributed by atoms with Gasteiger partial charge in [-0.25, -0.2) is 9.97 Å². The lowest BCUT2D eigenvalue weighted by atomic mass is 10.2. The molecule has 2 aromatic heterocycles. The van der Waals surface area contributed by atoms with Gasteiger partial charge in [-0.1, -0.05) is 24.3 Å². The fourth-order valence-corrected chi connectivity index (χ4v) is 5.01. The first-order valence-electron chi connectivity index (χ1n) is 11.7. The van der Waals surface area contributed by atoms with E-state index in [4.69, 9.17) is 4.74 Å². The first kappa shape index (κ1) is 23.1. The van der Waals surface area contributed by atoms with Crippen molar-refractivity contribution in [1.29, 1.82) is 0 Å². The van der Waals surface area contributed by atoms with Crippen LogP contribution in [0, 0.1) is 0 Å². The van der Waals surface area contributed by atoms with Gasteiger partial charge in [0.2, 0.25) is 0 Å². The van der Waals surface area contributed by atoms with Crippen molar-refractivity contribution in [3.8, 4) is 11.4 Å². The van der Waals surface area contributed by atoms with Crippen LogP contribution in [0.25, 0.3) is 16.9 Å². The fraction of sp³-hybridized carbons (Fsp3) is 0.320. The van der Waals surface area contributed by atoms with Crippen LogP contribution >= 0.6 is 11.8 Å². The molecule has 0 aliphatic carbocycles. The van der Waals surface area contributed by atoms with Crippen molar-refractivity contribution in [2.75, 3.05) is 43.4 Å². The number of fused-ring (bicyclic) bond motifs is 1. The minimum Gasteiger partial charge on any atom is -0.494 e. The Kier molecular flexibility index (Phi) is 6.80. The van der Waals surface area contributed by atoms with Crippen molar-refractivity contribution in [2.45, 2.75) is 18.7 Å². The molecule has 0 unspecified atom stereocenters. The molecule has 1 amide bonds. The molecule has 3 heterocycles. The van der Waals surface area contributed by atoms with Gasteiger partial charge in [0.05, 0.1) is 17.9 Å². The van der Waals surface area contributed by atoms with Crippen LogP contribution in [0.4, 0.5) is 5.82 Å². The van der Waals surface area contributed by atoms with Gasteiger partial charge in [0.25, 0.3) is 5.91 Å². The molecule has 180 valence electrons. The van der Waals surface area contributed by atoms with Crippen molar-refractivity contribution < 1.29 is 9.53 Å². The third-order valence-corrected chi connectivity index (χ3v) is 6.85. The summed E-state index contributed by atoms with van der Waals surface area (Å²) >= 11 is 1.70. The maximum atomic E-state index is 13.2. The summed E-state index contributed by atoms with van der Waals surface area (Å²) < 4.78 is 7.24. The van der Waals surface area contributed by atoms with Gasteiger partial charge in [0.1, 0.15) is 12.1 Å². The average Bonchev–Trinajstić information content (AvgIpc) is 3.34. The van der Waals surface area contributed by atoms with Crippen molar-refractivity contribution in [3.05, 3.63) is 60.4 Å². The van der Waals surface area contributed by atoms with Gasteiger partial charge >= 0.3 is 0 Å². The lowest BCUT2D eigenvalue weighted by molar-refractivity contribution is 0.0743. The van der Waals surface area contributed by atoms with Crippen LogP contribution in [0.15, 0.2) is 59.8 Å². The highest BCUT2D eigenvalue weighted by atomic mass is 32.2. The Morgan fingerprint density at radius 2 is 1.77 bits per heavy atom. The molecule has 10 heteroatoms. The van der Waals surface area contributed by atoms with E-state index in [-0.39, 0.29) is 5.91 Å². The second kappa shape index (κ2) is 10.3. The Hall–Kier alpha value is -3.66. The Balaban J connectivity index is 1.33. The number of amides is 1. The number of benzene rings is 2. The predicted molar refractivity (Wildman–Crippen MR) is 137 cm³/mol. The number of carbonyl (C=O) groups is 1. The van der Waals surface area contributed by atoms with E-state index < -0.39 is 0 Å². The van der Waals surface area contributed by atoms with E-state index in [1.165, 1.54) is 0 Å². The molecule has 2 aromatic carbocycles. The van der Waals surface area contributed by atoms with Gasteiger partial charge < -0.3 is 14.5 Å². The number of rotatable bonds is 7. The quantitative estimate of drug-likeness (QED) is 0.363. The largest absolute Gasteiger partial charge is 0.494 e. The Morgan fingerprint density at radius 1 is 1.00 bits per heavy atom. The zero-order valence-corrected chi connectivity index (χ0v) is 20.6. The van der Waals surface area contributed by atoms with E-state index in [9.17, 15) is 4.79 Å².